The molecule has 1 aliphatic carbocycles. The van der Waals surface area contributed by atoms with Crippen LogP contribution in [0.15, 0.2) is 12.1 Å². The van der Waals surface area contributed by atoms with Gasteiger partial charge in [0.15, 0.2) is 0 Å². The maximum Gasteiger partial charge on any atom is 0.335 e. The molecule has 0 radical (unpaired) electrons. The Morgan fingerprint density at radius 2 is 1.94 bits per heavy atom. The van der Waals surface area contributed by atoms with E-state index in [0.29, 0.717) is 12.5 Å². The lowest BCUT2D eigenvalue weighted by atomic mass is 10.1. The van der Waals surface area contributed by atoms with E-state index in [-0.39, 0.29) is 17.3 Å². The van der Waals surface area contributed by atoms with Crippen molar-refractivity contribution in [3.8, 4) is 0 Å². The average Bonchev–Trinajstić information content (AvgIpc) is 2.89. The first-order valence-electron chi connectivity index (χ1n) is 6.05. The van der Waals surface area contributed by atoms with Gasteiger partial charge in [-0.25, -0.2) is 13.6 Å². The summed E-state index contributed by atoms with van der Waals surface area (Å²) in [4.78, 5) is 12.5. The number of fused-ring (bicyclic) bond motifs is 2. The van der Waals surface area contributed by atoms with E-state index in [1.165, 1.54) is 0 Å². The number of carbonyl (C=O) groups is 1. The SMILES string of the molecule is O=C(O)c1cc(F)c(N2CC3CCC2C3)c(F)c1. The van der Waals surface area contributed by atoms with Crippen LogP contribution in [0.25, 0.3) is 0 Å². The molecule has 2 aliphatic rings. The predicted molar refractivity (Wildman–Crippen MR) is 61.8 cm³/mol. The van der Waals surface area contributed by atoms with Crippen LogP contribution in [0.3, 0.4) is 0 Å². The minimum absolute atomic E-state index is 0.0628. The molecule has 2 fully saturated rings. The Morgan fingerprint density at radius 3 is 2.39 bits per heavy atom. The minimum atomic E-state index is -1.32. The Balaban J connectivity index is 2.00. The smallest absolute Gasteiger partial charge is 0.335 e. The first-order valence-corrected chi connectivity index (χ1v) is 6.05. The first-order chi connectivity index (χ1) is 8.56. The summed E-state index contributed by atoms with van der Waals surface area (Å²) < 4.78 is 27.8. The summed E-state index contributed by atoms with van der Waals surface area (Å²) in [6.45, 7) is 0.672. The Labute approximate surface area is 103 Å². The molecular formula is C13H13F2NO2. The van der Waals surface area contributed by atoms with Crippen LogP contribution in [0.2, 0.25) is 0 Å². The van der Waals surface area contributed by atoms with Gasteiger partial charge in [0.25, 0.3) is 0 Å². The molecule has 1 saturated heterocycles. The fourth-order valence-corrected chi connectivity index (χ4v) is 3.16. The molecule has 0 spiro atoms. The lowest BCUT2D eigenvalue weighted by Gasteiger charge is -2.29. The van der Waals surface area contributed by atoms with Crippen molar-refractivity contribution in [2.75, 3.05) is 11.4 Å². The van der Waals surface area contributed by atoms with Crippen LogP contribution in [0, 0.1) is 17.6 Å². The molecule has 1 saturated carbocycles. The highest BCUT2D eigenvalue weighted by Crippen LogP contribution is 2.41. The van der Waals surface area contributed by atoms with Gasteiger partial charge in [-0.2, -0.15) is 0 Å². The van der Waals surface area contributed by atoms with Crippen LogP contribution in [0.4, 0.5) is 14.5 Å². The summed E-state index contributed by atoms with van der Waals surface area (Å²) in [5.41, 5.74) is -0.412. The number of carboxylic acid groups (broad SMARTS) is 1. The molecule has 1 N–H and O–H groups in total. The van der Waals surface area contributed by atoms with Crippen LogP contribution in [-0.2, 0) is 0 Å². The van der Waals surface area contributed by atoms with Gasteiger partial charge in [0.05, 0.1) is 5.56 Å². The standard InChI is InChI=1S/C13H13F2NO2/c14-10-4-8(13(17)18)5-11(15)12(10)16-6-7-1-2-9(16)3-7/h4-5,7,9H,1-3,6H2,(H,17,18). The van der Waals surface area contributed by atoms with Crippen molar-refractivity contribution < 1.29 is 18.7 Å². The molecule has 1 aromatic rings. The molecule has 2 unspecified atom stereocenters. The number of halogens is 2. The number of aromatic carboxylic acids is 1. The molecule has 0 aromatic heterocycles. The number of hydrogen-bond acceptors (Lipinski definition) is 2. The van der Waals surface area contributed by atoms with Gasteiger partial charge in [0.1, 0.15) is 17.3 Å². The predicted octanol–water partition coefficient (Wildman–Crippen LogP) is 2.65. The number of anilines is 1. The van der Waals surface area contributed by atoms with Gasteiger partial charge < -0.3 is 10.0 Å². The number of hydrogen-bond donors (Lipinski definition) is 1. The molecule has 0 amide bonds. The normalized spacial score (nSPS) is 25.8. The van der Waals surface area contributed by atoms with Crippen molar-refractivity contribution in [3.05, 3.63) is 29.3 Å². The molecule has 3 rings (SSSR count). The topological polar surface area (TPSA) is 40.5 Å². The van der Waals surface area contributed by atoms with Crippen LogP contribution in [0.1, 0.15) is 29.6 Å². The summed E-state index contributed by atoms with van der Waals surface area (Å²) in [5.74, 6) is -2.35. The van der Waals surface area contributed by atoms with E-state index in [1.807, 2.05) is 0 Å². The number of piperidine rings is 1. The van der Waals surface area contributed by atoms with Gasteiger partial charge in [0.2, 0.25) is 0 Å². The summed E-state index contributed by atoms with van der Waals surface area (Å²) in [7, 11) is 0. The number of benzene rings is 1. The van der Waals surface area contributed by atoms with Crippen molar-refractivity contribution in [3.63, 3.8) is 0 Å². The molecule has 18 heavy (non-hydrogen) atoms. The largest absolute Gasteiger partial charge is 0.478 e. The third-order valence-corrected chi connectivity index (χ3v) is 3.96. The molecular weight excluding hydrogens is 240 g/mol. The number of rotatable bonds is 2. The molecule has 3 nitrogen and oxygen atoms in total. The molecule has 2 atom stereocenters. The zero-order valence-electron chi connectivity index (χ0n) is 9.70. The van der Waals surface area contributed by atoms with E-state index in [9.17, 15) is 13.6 Å². The van der Waals surface area contributed by atoms with Gasteiger partial charge in [-0.1, -0.05) is 0 Å². The summed E-state index contributed by atoms with van der Waals surface area (Å²) in [6.07, 6.45) is 3.07. The van der Waals surface area contributed by atoms with Crippen LogP contribution in [0.5, 0.6) is 0 Å². The lowest BCUT2D eigenvalue weighted by molar-refractivity contribution is 0.0696. The van der Waals surface area contributed by atoms with E-state index in [2.05, 4.69) is 0 Å². The second kappa shape index (κ2) is 3.93. The van der Waals surface area contributed by atoms with Crippen LogP contribution in [-0.4, -0.2) is 23.7 Å². The van der Waals surface area contributed by atoms with Gasteiger partial charge in [-0.15, -0.1) is 0 Å². The van der Waals surface area contributed by atoms with Gasteiger partial charge in [-0.05, 0) is 37.3 Å². The average molecular weight is 253 g/mol. The van der Waals surface area contributed by atoms with Crippen LogP contribution >= 0.6 is 0 Å². The molecule has 1 aliphatic heterocycles. The Morgan fingerprint density at radius 1 is 1.28 bits per heavy atom. The molecule has 96 valence electrons. The highest BCUT2D eigenvalue weighted by molar-refractivity contribution is 5.88. The maximum atomic E-state index is 13.9. The monoisotopic (exact) mass is 253 g/mol. The second-order valence-electron chi connectivity index (χ2n) is 5.08. The van der Waals surface area contributed by atoms with Crippen LogP contribution < -0.4 is 4.90 Å². The van der Waals surface area contributed by atoms with E-state index in [4.69, 9.17) is 5.11 Å². The zero-order valence-corrected chi connectivity index (χ0v) is 9.70. The Bertz CT molecular complexity index is 495. The lowest BCUT2D eigenvalue weighted by Crippen LogP contribution is -2.33. The van der Waals surface area contributed by atoms with Crippen molar-refractivity contribution in [1.82, 2.24) is 0 Å². The van der Waals surface area contributed by atoms with Gasteiger partial charge >= 0.3 is 5.97 Å². The Hall–Kier alpha value is -1.65. The van der Waals surface area contributed by atoms with Crippen molar-refractivity contribution >= 4 is 11.7 Å². The number of nitrogens with zero attached hydrogens (tertiary/aromatic N) is 1. The number of carboxylic acids is 1. The van der Waals surface area contributed by atoms with E-state index >= 15 is 0 Å². The minimum Gasteiger partial charge on any atom is -0.478 e. The second-order valence-corrected chi connectivity index (χ2v) is 5.08. The fraction of sp³-hybridized carbons (Fsp3) is 0.462. The first kappa shape index (κ1) is 11.4. The third-order valence-electron chi connectivity index (χ3n) is 3.96. The molecule has 1 aromatic carbocycles. The van der Waals surface area contributed by atoms with Crippen molar-refractivity contribution in [2.45, 2.75) is 25.3 Å². The van der Waals surface area contributed by atoms with Gasteiger partial charge in [-0.3, -0.25) is 0 Å². The van der Waals surface area contributed by atoms with Gasteiger partial charge in [0, 0.05) is 12.6 Å². The molecule has 5 heteroatoms. The molecule has 1 heterocycles. The highest BCUT2D eigenvalue weighted by Gasteiger charge is 2.40. The summed E-state index contributed by atoms with van der Waals surface area (Å²) in [5, 5.41) is 8.75. The Kier molecular flexibility index (Phi) is 2.50. The van der Waals surface area contributed by atoms with Crippen molar-refractivity contribution in [2.24, 2.45) is 5.92 Å². The van der Waals surface area contributed by atoms with E-state index in [1.54, 1.807) is 4.90 Å². The van der Waals surface area contributed by atoms with E-state index in [0.717, 1.165) is 31.4 Å². The molecule has 2 bridgehead atoms. The third kappa shape index (κ3) is 1.65. The van der Waals surface area contributed by atoms with Crippen molar-refractivity contribution in [1.29, 1.82) is 0 Å². The summed E-state index contributed by atoms with van der Waals surface area (Å²) in [6, 6.07) is 1.99. The van der Waals surface area contributed by atoms with E-state index < -0.39 is 17.6 Å². The highest BCUT2D eigenvalue weighted by atomic mass is 19.1. The quantitative estimate of drug-likeness (QED) is 0.880. The summed E-state index contributed by atoms with van der Waals surface area (Å²) >= 11 is 0. The zero-order chi connectivity index (χ0) is 12.9. The maximum absolute atomic E-state index is 13.9. The fourth-order valence-electron chi connectivity index (χ4n) is 3.16.